The van der Waals surface area contributed by atoms with Crippen molar-refractivity contribution in [3.63, 3.8) is 0 Å². The molecule has 0 aliphatic heterocycles. The van der Waals surface area contributed by atoms with E-state index in [0.717, 1.165) is 12.8 Å². The average molecular weight is 376 g/mol. The zero-order chi connectivity index (χ0) is 20.5. The average Bonchev–Trinajstić information content (AvgIpc) is 2.60. The predicted molar refractivity (Wildman–Crippen MR) is 124 cm³/mol. The molecule has 1 aromatic carbocycles. The van der Waals surface area contributed by atoms with Gasteiger partial charge in [-0.05, 0) is 58.4 Å². The van der Waals surface area contributed by atoms with Crippen LogP contribution in [0.25, 0.3) is 0 Å². The molecule has 3 rings (SSSR count). The summed E-state index contributed by atoms with van der Waals surface area (Å²) in [6.07, 6.45) is 17.8. The van der Waals surface area contributed by atoms with E-state index in [1.807, 2.05) is 0 Å². The van der Waals surface area contributed by atoms with Gasteiger partial charge in [0, 0.05) is 17.3 Å². The number of benzene rings is 1. The minimum Gasteiger partial charge on any atom is -0.359 e. The zero-order valence-electron chi connectivity index (χ0n) is 18.8. The Hall–Kier alpha value is -2.02. The molecule has 0 fully saturated rings. The van der Waals surface area contributed by atoms with Gasteiger partial charge in [-0.1, -0.05) is 91.0 Å². The summed E-state index contributed by atoms with van der Waals surface area (Å²) in [6.45, 7) is 16.3. The van der Waals surface area contributed by atoms with Crippen LogP contribution in [0.1, 0.15) is 83.9 Å². The van der Waals surface area contributed by atoms with Crippen LogP contribution in [0.2, 0.25) is 0 Å². The third kappa shape index (κ3) is 4.69. The van der Waals surface area contributed by atoms with E-state index in [1.165, 1.54) is 28.1 Å². The van der Waals surface area contributed by atoms with E-state index in [-0.39, 0.29) is 10.8 Å². The summed E-state index contributed by atoms with van der Waals surface area (Å²) in [5.74, 6) is 1.02. The van der Waals surface area contributed by atoms with Gasteiger partial charge in [0.15, 0.2) is 0 Å². The molecule has 1 N–H and O–H groups in total. The number of anilines is 1. The smallest absolute Gasteiger partial charge is 0.0423 e. The van der Waals surface area contributed by atoms with Crippen molar-refractivity contribution in [1.82, 2.24) is 0 Å². The van der Waals surface area contributed by atoms with Crippen molar-refractivity contribution in [2.45, 2.75) is 78.1 Å². The predicted octanol–water partition coefficient (Wildman–Crippen LogP) is 7.77. The van der Waals surface area contributed by atoms with Crippen molar-refractivity contribution < 1.29 is 0 Å². The van der Waals surface area contributed by atoms with Gasteiger partial charge in [-0.2, -0.15) is 0 Å². The van der Waals surface area contributed by atoms with E-state index in [4.69, 9.17) is 0 Å². The van der Waals surface area contributed by atoms with Crippen LogP contribution in [0, 0.1) is 5.92 Å². The molecule has 2 atom stereocenters. The normalized spacial score (nSPS) is 22.3. The largest absolute Gasteiger partial charge is 0.359 e. The quantitative estimate of drug-likeness (QED) is 0.569. The third-order valence-corrected chi connectivity index (χ3v) is 5.76. The standard InChI is InChI=1S/C27H37N/c1-19-12-11-15-21(16-19)28-25-18-24(27(5,6)7)23(26(2,3)4)17-22(25)20-13-9-8-10-14-20/h8-13,15,17-20,28H,14,16H2,1-7H3. The minimum absolute atomic E-state index is 0.105. The Bertz CT molecular complexity index is 834. The fourth-order valence-electron chi connectivity index (χ4n) is 4.19. The molecule has 0 heterocycles. The summed E-state index contributed by atoms with van der Waals surface area (Å²) in [7, 11) is 0. The van der Waals surface area contributed by atoms with Crippen molar-refractivity contribution in [3.8, 4) is 0 Å². The summed E-state index contributed by atoms with van der Waals surface area (Å²) in [5, 5.41) is 3.82. The molecule has 2 unspecified atom stereocenters. The molecule has 2 aliphatic rings. The first kappa shape index (κ1) is 20.7. The lowest BCUT2D eigenvalue weighted by molar-refractivity contribution is 0.529. The van der Waals surface area contributed by atoms with Crippen molar-refractivity contribution in [1.29, 1.82) is 0 Å². The summed E-state index contributed by atoms with van der Waals surface area (Å²) < 4.78 is 0. The van der Waals surface area contributed by atoms with Gasteiger partial charge in [0.05, 0.1) is 0 Å². The fourth-order valence-corrected chi connectivity index (χ4v) is 4.19. The van der Waals surface area contributed by atoms with Crippen molar-refractivity contribution in [3.05, 3.63) is 77.1 Å². The van der Waals surface area contributed by atoms with Gasteiger partial charge < -0.3 is 5.32 Å². The van der Waals surface area contributed by atoms with Gasteiger partial charge in [-0.15, -0.1) is 0 Å². The Balaban J connectivity index is 2.14. The molecule has 1 nitrogen and oxygen atoms in total. The molecule has 0 aromatic heterocycles. The first-order chi connectivity index (χ1) is 13.1. The van der Waals surface area contributed by atoms with Crippen LogP contribution in [-0.2, 0) is 10.8 Å². The highest BCUT2D eigenvalue weighted by Crippen LogP contribution is 2.41. The van der Waals surface area contributed by atoms with Gasteiger partial charge in [-0.3, -0.25) is 0 Å². The lowest BCUT2D eigenvalue weighted by Crippen LogP contribution is -2.23. The van der Waals surface area contributed by atoms with Crippen LogP contribution in [0.5, 0.6) is 0 Å². The molecule has 28 heavy (non-hydrogen) atoms. The fraction of sp³-hybridized carbons (Fsp3) is 0.481. The highest BCUT2D eigenvalue weighted by atomic mass is 14.9. The summed E-state index contributed by atoms with van der Waals surface area (Å²) >= 11 is 0. The maximum Gasteiger partial charge on any atom is 0.0423 e. The molecule has 1 aromatic rings. The summed E-state index contributed by atoms with van der Waals surface area (Å²) in [6, 6.07) is 4.92. The molecular weight excluding hydrogens is 338 g/mol. The number of hydrogen-bond donors (Lipinski definition) is 1. The lowest BCUT2D eigenvalue weighted by Gasteiger charge is -2.33. The van der Waals surface area contributed by atoms with Gasteiger partial charge in [0.25, 0.3) is 0 Å². The molecule has 150 valence electrons. The van der Waals surface area contributed by atoms with Crippen molar-refractivity contribution >= 4 is 5.69 Å². The molecule has 2 aliphatic carbocycles. The van der Waals surface area contributed by atoms with E-state index < -0.39 is 0 Å². The summed E-state index contributed by atoms with van der Waals surface area (Å²) in [4.78, 5) is 0. The van der Waals surface area contributed by atoms with E-state index in [2.05, 4.69) is 108 Å². The van der Waals surface area contributed by atoms with Gasteiger partial charge >= 0.3 is 0 Å². The van der Waals surface area contributed by atoms with Crippen molar-refractivity contribution in [2.75, 3.05) is 5.32 Å². The highest BCUT2D eigenvalue weighted by Gasteiger charge is 2.28. The minimum atomic E-state index is 0.105. The summed E-state index contributed by atoms with van der Waals surface area (Å²) in [5.41, 5.74) is 7.14. The molecule has 0 saturated heterocycles. The van der Waals surface area contributed by atoms with Gasteiger partial charge in [-0.25, -0.2) is 0 Å². The second-order valence-corrected chi connectivity index (χ2v) is 10.5. The topological polar surface area (TPSA) is 12.0 Å². The van der Waals surface area contributed by atoms with Crippen LogP contribution in [0.15, 0.2) is 60.4 Å². The zero-order valence-corrected chi connectivity index (χ0v) is 18.8. The molecule has 0 spiro atoms. The van der Waals surface area contributed by atoms with Crippen LogP contribution >= 0.6 is 0 Å². The Morgan fingerprint density at radius 3 is 2.11 bits per heavy atom. The highest BCUT2D eigenvalue weighted by molar-refractivity contribution is 5.63. The van der Waals surface area contributed by atoms with E-state index >= 15 is 0 Å². The van der Waals surface area contributed by atoms with E-state index in [9.17, 15) is 0 Å². The molecule has 0 amide bonds. The van der Waals surface area contributed by atoms with Crippen LogP contribution in [0.4, 0.5) is 5.69 Å². The van der Waals surface area contributed by atoms with Crippen LogP contribution in [0.3, 0.4) is 0 Å². The first-order valence-corrected chi connectivity index (χ1v) is 10.7. The maximum absolute atomic E-state index is 3.82. The molecule has 0 bridgehead atoms. The Labute approximate surface area is 172 Å². The lowest BCUT2D eigenvalue weighted by atomic mass is 9.73. The van der Waals surface area contributed by atoms with E-state index in [0.29, 0.717) is 11.8 Å². The number of allylic oxidation sites excluding steroid dienone is 8. The third-order valence-electron chi connectivity index (χ3n) is 5.76. The molecule has 1 heteroatoms. The second-order valence-electron chi connectivity index (χ2n) is 10.5. The SMILES string of the molecule is CC1C=CC=C(Nc2cc(C(C)(C)C)c(C(C)(C)C)cc2C2C=CC=CC2)C1. The first-order valence-electron chi connectivity index (χ1n) is 10.7. The van der Waals surface area contributed by atoms with Gasteiger partial charge in [0.1, 0.15) is 0 Å². The maximum atomic E-state index is 3.82. The van der Waals surface area contributed by atoms with Crippen LogP contribution < -0.4 is 5.32 Å². The van der Waals surface area contributed by atoms with Gasteiger partial charge in [0.2, 0.25) is 0 Å². The molecule has 0 radical (unpaired) electrons. The monoisotopic (exact) mass is 375 g/mol. The van der Waals surface area contributed by atoms with E-state index in [1.54, 1.807) is 0 Å². The Morgan fingerprint density at radius 1 is 0.857 bits per heavy atom. The van der Waals surface area contributed by atoms with Crippen LogP contribution in [-0.4, -0.2) is 0 Å². The Morgan fingerprint density at radius 2 is 1.54 bits per heavy atom. The second kappa shape index (κ2) is 7.78. The molecular formula is C27H37N. The van der Waals surface area contributed by atoms with Crippen molar-refractivity contribution in [2.24, 2.45) is 5.92 Å². The number of nitrogens with one attached hydrogen (secondary N) is 1. The number of hydrogen-bond acceptors (Lipinski definition) is 1. The number of rotatable bonds is 3. The Kier molecular flexibility index (Phi) is 5.75. The molecule has 0 saturated carbocycles.